The number of halogens is 1. The van der Waals surface area contributed by atoms with Gasteiger partial charge in [0.1, 0.15) is 0 Å². The molecule has 7 heteroatoms. The first-order valence-corrected chi connectivity index (χ1v) is 6.73. The standard InChI is InChI=1S/C16H18N4O2.HI/c1-22-16(21)20-14-9-7-12(8-10-14)11-18-15(17)19-13-5-3-2-4-6-13;/h2-10H,11H2,1H3,(H,20,21)(H3,17,18,19);1H. The number of nitrogens with one attached hydrogen (secondary N) is 2. The zero-order valence-electron chi connectivity index (χ0n) is 12.7. The molecular weight excluding hydrogens is 407 g/mol. The first-order valence-electron chi connectivity index (χ1n) is 6.73. The van der Waals surface area contributed by atoms with Crippen LogP contribution in [0, 0.1) is 0 Å². The molecule has 0 bridgehead atoms. The van der Waals surface area contributed by atoms with Gasteiger partial charge in [-0.15, -0.1) is 24.0 Å². The Morgan fingerprint density at radius 1 is 1.04 bits per heavy atom. The molecule has 0 spiro atoms. The molecule has 0 aromatic heterocycles. The number of anilines is 2. The average Bonchev–Trinajstić information content (AvgIpc) is 2.55. The van der Waals surface area contributed by atoms with Gasteiger partial charge in [-0.25, -0.2) is 9.79 Å². The summed E-state index contributed by atoms with van der Waals surface area (Å²) in [7, 11) is 1.32. The van der Waals surface area contributed by atoms with Gasteiger partial charge < -0.3 is 15.8 Å². The minimum atomic E-state index is -0.498. The maximum absolute atomic E-state index is 11.1. The number of carbonyl (C=O) groups excluding carboxylic acids is 1. The summed E-state index contributed by atoms with van der Waals surface area (Å²) in [5.74, 6) is 0.350. The summed E-state index contributed by atoms with van der Waals surface area (Å²) < 4.78 is 4.52. The molecule has 23 heavy (non-hydrogen) atoms. The molecule has 0 atom stereocenters. The van der Waals surface area contributed by atoms with Crippen molar-refractivity contribution in [2.45, 2.75) is 6.54 Å². The Morgan fingerprint density at radius 3 is 2.26 bits per heavy atom. The van der Waals surface area contributed by atoms with Gasteiger partial charge in [0.25, 0.3) is 0 Å². The Kier molecular flexibility index (Phi) is 7.89. The number of ether oxygens (including phenoxy) is 1. The number of amides is 1. The van der Waals surface area contributed by atoms with Crippen molar-refractivity contribution in [2.24, 2.45) is 10.7 Å². The van der Waals surface area contributed by atoms with Gasteiger partial charge in [0, 0.05) is 11.4 Å². The molecule has 0 fully saturated rings. The fraction of sp³-hybridized carbons (Fsp3) is 0.125. The van der Waals surface area contributed by atoms with Crippen LogP contribution in [0.1, 0.15) is 5.56 Å². The second-order valence-electron chi connectivity index (χ2n) is 4.51. The number of hydrogen-bond acceptors (Lipinski definition) is 3. The molecule has 4 N–H and O–H groups in total. The summed E-state index contributed by atoms with van der Waals surface area (Å²) >= 11 is 0. The number of aliphatic imine (C=N–C) groups is 1. The molecule has 0 saturated heterocycles. The summed E-state index contributed by atoms with van der Waals surface area (Å²) in [6.07, 6.45) is -0.498. The minimum Gasteiger partial charge on any atom is -0.453 e. The SMILES string of the molecule is COC(=O)Nc1ccc(CN=C(N)Nc2ccccc2)cc1.I. The molecule has 0 saturated carbocycles. The van der Waals surface area contributed by atoms with Gasteiger partial charge in [-0.3, -0.25) is 5.32 Å². The van der Waals surface area contributed by atoms with Gasteiger partial charge in [-0.2, -0.15) is 0 Å². The topological polar surface area (TPSA) is 88.7 Å². The Hall–Kier alpha value is -2.29. The van der Waals surface area contributed by atoms with E-state index in [4.69, 9.17) is 5.73 Å². The van der Waals surface area contributed by atoms with Crippen LogP contribution >= 0.6 is 24.0 Å². The molecule has 0 radical (unpaired) electrons. The summed E-state index contributed by atoms with van der Waals surface area (Å²) in [6.45, 7) is 0.449. The number of carbonyl (C=O) groups is 1. The lowest BCUT2D eigenvalue weighted by atomic mass is 10.2. The Labute approximate surface area is 152 Å². The smallest absolute Gasteiger partial charge is 0.411 e. The van der Waals surface area contributed by atoms with Crippen LogP contribution in [-0.4, -0.2) is 19.2 Å². The largest absolute Gasteiger partial charge is 0.453 e. The van der Waals surface area contributed by atoms with Crippen molar-refractivity contribution in [3.05, 3.63) is 60.2 Å². The van der Waals surface area contributed by atoms with Gasteiger partial charge in [0.05, 0.1) is 13.7 Å². The van der Waals surface area contributed by atoms with E-state index in [1.54, 1.807) is 12.1 Å². The molecule has 0 aliphatic rings. The fourth-order valence-electron chi connectivity index (χ4n) is 1.75. The van der Waals surface area contributed by atoms with E-state index < -0.39 is 6.09 Å². The number of methoxy groups -OCH3 is 1. The maximum Gasteiger partial charge on any atom is 0.411 e. The molecule has 0 unspecified atom stereocenters. The molecule has 122 valence electrons. The third kappa shape index (κ3) is 6.55. The summed E-state index contributed by atoms with van der Waals surface area (Å²) in [5, 5.41) is 5.59. The van der Waals surface area contributed by atoms with Crippen molar-refractivity contribution >= 4 is 47.4 Å². The van der Waals surface area contributed by atoms with Crippen molar-refractivity contribution in [1.82, 2.24) is 0 Å². The summed E-state index contributed by atoms with van der Waals surface area (Å²) in [6, 6.07) is 16.9. The van der Waals surface area contributed by atoms with Crippen LogP contribution in [0.2, 0.25) is 0 Å². The Morgan fingerprint density at radius 2 is 1.65 bits per heavy atom. The second-order valence-corrected chi connectivity index (χ2v) is 4.51. The third-order valence-corrected chi connectivity index (χ3v) is 2.86. The fourth-order valence-corrected chi connectivity index (χ4v) is 1.75. The number of nitrogens with two attached hydrogens (primary N) is 1. The third-order valence-electron chi connectivity index (χ3n) is 2.86. The highest BCUT2D eigenvalue weighted by molar-refractivity contribution is 14.0. The van der Waals surface area contributed by atoms with Crippen LogP contribution in [0.5, 0.6) is 0 Å². The highest BCUT2D eigenvalue weighted by atomic mass is 127. The van der Waals surface area contributed by atoms with E-state index in [1.165, 1.54) is 7.11 Å². The number of nitrogens with zero attached hydrogens (tertiary/aromatic N) is 1. The molecule has 2 aromatic rings. The number of guanidine groups is 1. The first-order chi connectivity index (χ1) is 10.7. The van der Waals surface area contributed by atoms with Gasteiger partial charge in [0.2, 0.25) is 0 Å². The predicted molar refractivity (Wildman–Crippen MR) is 103 cm³/mol. The monoisotopic (exact) mass is 426 g/mol. The Bertz CT molecular complexity index is 645. The van der Waals surface area contributed by atoms with Gasteiger partial charge in [-0.1, -0.05) is 30.3 Å². The van der Waals surface area contributed by atoms with E-state index in [0.29, 0.717) is 18.2 Å². The number of hydrogen-bond donors (Lipinski definition) is 3. The van der Waals surface area contributed by atoms with Crippen molar-refractivity contribution in [1.29, 1.82) is 0 Å². The highest BCUT2D eigenvalue weighted by Gasteiger charge is 2.00. The zero-order chi connectivity index (χ0) is 15.8. The van der Waals surface area contributed by atoms with Crippen molar-refractivity contribution in [3.63, 3.8) is 0 Å². The average molecular weight is 426 g/mol. The number of rotatable bonds is 4. The maximum atomic E-state index is 11.1. The molecule has 2 rings (SSSR count). The quantitative estimate of drug-likeness (QED) is 0.397. The van der Waals surface area contributed by atoms with Crippen molar-refractivity contribution in [3.8, 4) is 0 Å². The molecule has 6 nitrogen and oxygen atoms in total. The predicted octanol–water partition coefficient (Wildman–Crippen LogP) is 3.41. The summed E-state index contributed by atoms with van der Waals surface area (Å²) in [5.41, 5.74) is 8.36. The van der Waals surface area contributed by atoms with E-state index in [0.717, 1.165) is 11.3 Å². The van der Waals surface area contributed by atoms with Gasteiger partial charge >= 0.3 is 6.09 Å². The van der Waals surface area contributed by atoms with Gasteiger partial charge in [0.15, 0.2) is 5.96 Å². The van der Waals surface area contributed by atoms with Crippen LogP contribution < -0.4 is 16.4 Å². The Balaban J connectivity index is 0.00000264. The number of benzene rings is 2. The van der Waals surface area contributed by atoms with E-state index in [2.05, 4.69) is 20.4 Å². The van der Waals surface area contributed by atoms with Crippen LogP contribution in [0.15, 0.2) is 59.6 Å². The lowest BCUT2D eigenvalue weighted by molar-refractivity contribution is 0.187. The van der Waals surface area contributed by atoms with Crippen LogP contribution in [0.3, 0.4) is 0 Å². The summed E-state index contributed by atoms with van der Waals surface area (Å²) in [4.78, 5) is 15.3. The molecule has 0 aliphatic heterocycles. The second kappa shape index (κ2) is 9.67. The molecular formula is C16H19IN4O2. The van der Waals surface area contributed by atoms with Crippen LogP contribution in [0.25, 0.3) is 0 Å². The highest BCUT2D eigenvalue weighted by Crippen LogP contribution is 2.11. The van der Waals surface area contributed by atoms with E-state index in [9.17, 15) is 4.79 Å². The molecule has 1 amide bonds. The molecule has 0 aliphatic carbocycles. The number of para-hydroxylation sites is 1. The zero-order valence-corrected chi connectivity index (χ0v) is 15.0. The van der Waals surface area contributed by atoms with Crippen molar-refractivity contribution < 1.29 is 9.53 Å². The molecule has 0 heterocycles. The van der Waals surface area contributed by atoms with Crippen LogP contribution in [-0.2, 0) is 11.3 Å². The van der Waals surface area contributed by atoms with Gasteiger partial charge in [-0.05, 0) is 29.8 Å². The molecule has 2 aromatic carbocycles. The van der Waals surface area contributed by atoms with E-state index in [1.807, 2.05) is 42.5 Å². The van der Waals surface area contributed by atoms with E-state index >= 15 is 0 Å². The van der Waals surface area contributed by atoms with E-state index in [-0.39, 0.29) is 24.0 Å². The lowest BCUT2D eigenvalue weighted by Gasteiger charge is -2.06. The van der Waals surface area contributed by atoms with Crippen LogP contribution in [0.4, 0.5) is 16.2 Å². The normalized spacial score (nSPS) is 10.4. The lowest BCUT2D eigenvalue weighted by Crippen LogP contribution is -2.22. The van der Waals surface area contributed by atoms with Crippen molar-refractivity contribution in [2.75, 3.05) is 17.7 Å². The first kappa shape index (κ1) is 18.8. The minimum absolute atomic E-state index is 0.